The number of hydrogen-bond acceptors (Lipinski definition) is 6. The third-order valence-corrected chi connectivity index (χ3v) is 6.19. The second kappa shape index (κ2) is 8.45. The van der Waals surface area contributed by atoms with Crippen molar-refractivity contribution in [3.8, 4) is 12.1 Å². The molecule has 1 aromatic carbocycles. The summed E-state index contributed by atoms with van der Waals surface area (Å²) in [4.78, 5) is 21.9. The average molecular weight is 427 g/mol. The van der Waals surface area contributed by atoms with Crippen molar-refractivity contribution in [2.24, 2.45) is 7.05 Å². The number of piperazine rings is 1. The van der Waals surface area contributed by atoms with Crippen LogP contribution < -0.4 is 10.5 Å². The van der Waals surface area contributed by atoms with Gasteiger partial charge >= 0.3 is 0 Å². The summed E-state index contributed by atoms with van der Waals surface area (Å²) in [5.41, 5.74) is 5.51. The number of aromatic nitrogens is 2. The van der Waals surface area contributed by atoms with Gasteiger partial charge in [-0.1, -0.05) is 29.3 Å². The minimum Gasteiger partial charge on any atom is -0.366 e. The predicted molar refractivity (Wildman–Crippen MR) is 124 cm³/mol. The van der Waals surface area contributed by atoms with Crippen molar-refractivity contribution in [1.29, 1.82) is 10.5 Å². The van der Waals surface area contributed by atoms with Crippen LogP contribution in [0.1, 0.15) is 34.9 Å². The maximum Gasteiger partial charge on any atom is 0.270 e. The van der Waals surface area contributed by atoms with Gasteiger partial charge in [0, 0.05) is 39.3 Å². The fraction of sp³-hybridized carbons (Fsp3) is 0.360. The first-order chi connectivity index (χ1) is 15.3. The molecular weight excluding hydrogens is 400 g/mol. The number of hydrogen-bond donors (Lipinski definition) is 0. The Balaban J connectivity index is 1.70. The number of nitrogens with zero attached hydrogens (tertiary/aromatic N) is 6. The van der Waals surface area contributed by atoms with E-state index in [1.165, 1.54) is 21.3 Å². The highest BCUT2D eigenvalue weighted by Gasteiger charge is 2.29. The van der Waals surface area contributed by atoms with E-state index < -0.39 is 0 Å². The smallest absolute Gasteiger partial charge is 0.270 e. The quantitative estimate of drug-likeness (QED) is 0.640. The van der Waals surface area contributed by atoms with E-state index in [-0.39, 0.29) is 22.9 Å². The highest BCUT2D eigenvalue weighted by molar-refractivity contribution is 5.92. The Kier molecular flexibility index (Phi) is 5.69. The summed E-state index contributed by atoms with van der Waals surface area (Å²) < 4.78 is 1.44. The van der Waals surface area contributed by atoms with E-state index in [0.29, 0.717) is 29.8 Å². The van der Waals surface area contributed by atoms with Crippen LogP contribution in [-0.4, -0.2) is 40.1 Å². The molecule has 0 aliphatic carbocycles. The van der Waals surface area contributed by atoms with E-state index in [2.05, 4.69) is 65.9 Å². The van der Waals surface area contributed by atoms with Crippen molar-refractivity contribution in [2.45, 2.75) is 33.4 Å². The Bertz CT molecular complexity index is 1320. The molecule has 0 bridgehead atoms. The van der Waals surface area contributed by atoms with Crippen molar-refractivity contribution in [2.75, 3.05) is 24.5 Å². The zero-order valence-electron chi connectivity index (χ0n) is 18.9. The summed E-state index contributed by atoms with van der Waals surface area (Å²) in [6.07, 6.45) is 0. The summed E-state index contributed by atoms with van der Waals surface area (Å²) in [7, 11) is 1.63. The van der Waals surface area contributed by atoms with Gasteiger partial charge in [-0.15, -0.1) is 0 Å². The van der Waals surface area contributed by atoms with Gasteiger partial charge < -0.3 is 9.47 Å². The molecule has 7 nitrogen and oxygen atoms in total. The highest BCUT2D eigenvalue weighted by atomic mass is 16.1. The molecule has 32 heavy (non-hydrogen) atoms. The summed E-state index contributed by atoms with van der Waals surface area (Å²) in [6, 6.07) is 14.3. The molecule has 162 valence electrons. The maximum atomic E-state index is 12.9. The SMILES string of the molecule is Cc1cc(C)cc(CN2CCN(c3c(C#N)c(=O)n(C)c4ccc(C#N)nc34)C[C@H]2C)c1. The van der Waals surface area contributed by atoms with E-state index in [4.69, 9.17) is 0 Å². The predicted octanol–water partition coefficient (Wildman–Crippen LogP) is 3.00. The van der Waals surface area contributed by atoms with Crippen LogP contribution in [0.25, 0.3) is 11.0 Å². The number of nitriles is 2. The number of pyridine rings is 2. The maximum absolute atomic E-state index is 12.9. The molecule has 0 saturated carbocycles. The second-order valence-corrected chi connectivity index (χ2v) is 8.64. The molecule has 4 rings (SSSR count). The third-order valence-electron chi connectivity index (χ3n) is 6.19. The molecule has 1 aliphatic rings. The third kappa shape index (κ3) is 3.84. The number of aryl methyl sites for hydroxylation is 3. The lowest BCUT2D eigenvalue weighted by Crippen LogP contribution is -2.52. The molecule has 0 radical (unpaired) electrons. The first-order valence-corrected chi connectivity index (χ1v) is 10.7. The minimum absolute atomic E-state index is 0.0811. The monoisotopic (exact) mass is 426 g/mol. The molecule has 1 fully saturated rings. The van der Waals surface area contributed by atoms with Gasteiger partial charge in [0.2, 0.25) is 0 Å². The van der Waals surface area contributed by atoms with Gasteiger partial charge in [0.05, 0.1) is 11.2 Å². The summed E-state index contributed by atoms with van der Waals surface area (Å²) in [5.74, 6) is 0. The van der Waals surface area contributed by atoms with Crippen molar-refractivity contribution in [3.63, 3.8) is 0 Å². The van der Waals surface area contributed by atoms with Crippen LogP contribution in [0.2, 0.25) is 0 Å². The summed E-state index contributed by atoms with van der Waals surface area (Å²) >= 11 is 0. The van der Waals surface area contributed by atoms with E-state index >= 15 is 0 Å². The molecule has 1 aliphatic heterocycles. The number of rotatable bonds is 3. The zero-order chi connectivity index (χ0) is 23.0. The molecular formula is C25H26N6O. The molecule has 0 N–H and O–H groups in total. The minimum atomic E-state index is -0.341. The summed E-state index contributed by atoms with van der Waals surface area (Å²) in [6.45, 7) is 9.39. The van der Waals surface area contributed by atoms with E-state index in [1.807, 2.05) is 0 Å². The van der Waals surface area contributed by atoms with Crippen molar-refractivity contribution < 1.29 is 0 Å². The molecule has 0 unspecified atom stereocenters. The molecule has 3 aromatic rings. The van der Waals surface area contributed by atoms with Crippen LogP contribution in [0.4, 0.5) is 5.69 Å². The molecule has 3 heterocycles. The fourth-order valence-corrected chi connectivity index (χ4v) is 4.69. The van der Waals surface area contributed by atoms with Crippen LogP contribution in [0.15, 0.2) is 35.1 Å². The van der Waals surface area contributed by atoms with E-state index in [1.54, 1.807) is 19.2 Å². The van der Waals surface area contributed by atoms with E-state index in [0.717, 1.165) is 13.1 Å². The van der Waals surface area contributed by atoms with Crippen molar-refractivity contribution >= 4 is 16.7 Å². The Labute approximate surface area is 187 Å². The van der Waals surface area contributed by atoms with Gasteiger partial charge in [-0.05, 0) is 38.5 Å². The van der Waals surface area contributed by atoms with Crippen LogP contribution >= 0.6 is 0 Å². The lowest BCUT2D eigenvalue weighted by Gasteiger charge is -2.41. The fourth-order valence-electron chi connectivity index (χ4n) is 4.69. The largest absolute Gasteiger partial charge is 0.366 e. The van der Waals surface area contributed by atoms with Gasteiger partial charge in [0.15, 0.2) is 0 Å². The van der Waals surface area contributed by atoms with Gasteiger partial charge in [-0.3, -0.25) is 9.69 Å². The molecule has 1 atom stereocenters. The Morgan fingerprint density at radius 1 is 1.09 bits per heavy atom. The first kappa shape index (κ1) is 21.5. The molecule has 0 spiro atoms. The van der Waals surface area contributed by atoms with Gasteiger partial charge in [-0.2, -0.15) is 10.5 Å². The Hall–Kier alpha value is -3.68. The molecule has 0 amide bonds. The molecule has 1 saturated heterocycles. The van der Waals surface area contributed by atoms with Gasteiger partial charge in [0.25, 0.3) is 5.56 Å². The zero-order valence-corrected chi connectivity index (χ0v) is 18.9. The van der Waals surface area contributed by atoms with Crippen LogP contribution in [-0.2, 0) is 13.6 Å². The second-order valence-electron chi connectivity index (χ2n) is 8.64. The Morgan fingerprint density at radius 3 is 2.44 bits per heavy atom. The molecule has 2 aromatic heterocycles. The van der Waals surface area contributed by atoms with Crippen LogP contribution in [0, 0.1) is 36.5 Å². The highest BCUT2D eigenvalue weighted by Crippen LogP contribution is 2.29. The van der Waals surface area contributed by atoms with Crippen LogP contribution in [0.5, 0.6) is 0 Å². The van der Waals surface area contributed by atoms with Gasteiger partial charge in [0.1, 0.15) is 28.9 Å². The number of anilines is 1. The number of benzene rings is 1. The van der Waals surface area contributed by atoms with Gasteiger partial charge in [-0.25, -0.2) is 4.98 Å². The number of fused-ring (bicyclic) bond motifs is 1. The normalized spacial score (nSPS) is 16.7. The van der Waals surface area contributed by atoms with Crippen molar-refractivity contribution in [3.05, 3.63) is 68.6 Å². The topological polar surface area (TPSA) is 89.0 Å². The lowest BCUT2D eigenvalue weighted by atomic mass is 10.0. The van der Waals surface area contributed by atoms with Crippen LogP contribution in [0.3, 0.4) is 0 Å². The van der Waals surface area contributed by atoms with E-state index in [9.17, 15) is 15.3 Å². The molecule has 7 heteroatoms. The Morgan fingerprint density at radius 2 is 1.81 bits per heavy atom. The standard InChI is InChI=1S/C25H26N6O/c1-16-9-17(2)11-19(10-16)15-30-7-8-31(14-18(30)3)24-21(13-27)25(32)29(4)22-6-5-20(12-26)28-23(22)24/h5-6,9-11,18H,7-8,14-15H2,1-4H3/t18-/m1/s1. The first-order valence-electron chi connectivity index (χ1n) is 10.7. The average Bonchev–Trinajstić information content (AvgIpc) is 2.76. The lowest BCUT2D eigenvalue weighted by molar-refractivity contribution is 0.181. The summed E-state index contributed by atoms with van der Waals surface area (Å²) in [5, 5.41) is 19.2. The van der Waals surface area contributed by atoms with Crippen molar-refractivity contribution in [1.82, 2.24) is 14.5 Å².